The second-order valence-corrected chi connectivity index (χ2v) is 4.00. The maximum absolute atomic E-state index is 5.41. The van der Waals surface area contributed by atoms with E-state index in [4.69, 9.17) is 4.74 Å². The SMILES string of the molecule is SCCCOCCc1cccs1. The molecule has 68 valence electrons. The summed E-state index contributed by atoms with van der Waals surface area (Å²) in [4.78, 5) is 1.40. The minimum atomic E-state index is 0.842. The molecule has 1 aromatic heterocycles. The first kappa shape index (κ1) is 10.1. The van der Waals surface area contributed by atoms with Crippen LogP contribution in [0, 0.1) is 0 Å². The Morgan fingerprint density at radius 3 is 3.00 bits per heavy atom. The van der Waals surface area contributed by atoms with Crippen molar-refractivity contribution in [2.24, 2.45) is 0 Å². The molecule has 1 rings (SSSR count). The Morgan fingerprint density at radius 2 is 2.33 bits per heavy atom. The van der Waals surface area contributed by atoms with Gasteiger partial charge in [0.25, 0.3) is 0 Å². The fourth-order valence-corrected chi connectivity index (χ4v) is 1.72. The average molecular weight is 202 g/mol. The second-order valence-electron chi connectivity index (χ2n) is 2.52. The van der Waals surface area contributed by atoms with Crippen LogP contribution >= 0.6 is 24.0 Å². The fraction of sp³-hybridized carbons (Fsp3) is 0.556. The molecule has 1 nitrogen and oxygen atoms in total. The van der Waals surface area contributed by atoms with Gasteiger partial charge in [0.05, 0.1) is 6.61 Å². The molecule has 0 aliphatic rings. The molecule has 0 N–H and O–H groups in total. The van der Waals surface area contributed by atoms with Crippen LogP contribution in [-0.2, 0) is 11.2 Å². The molecule has 0 aliphatic heterocycles. The Bertz CT molecular complexity index is 184. The molecule has 0 radical (unpaired) electrons. The van der Waals surface area contributed by atoms with Gasteiger partial charge in [-0.05, 0) is 23.6 Å². The van der Waals surface area contributed by atoms with Gasteiger partial charge in [0.15, 0.2) is 0 Å². The molecular formula is C9H14OS2. The zero-order valence-corrected chi connectivity index (χ0v) is 8.74. The van der Waals surface area contributed by atoms with Crippen molar-refractivity contribution >= 4 is 24.0 Å². The third-order valence-corrected chi connectivity index (χ3v) is 2.77. The summed E-state index contributed by atoms with van der Waals surface area (Å²) in [5.74, 6) is 0.916. The van der Waals surface area contributed by atoms with Crippen molar-refractivity contribution in [1.29, 1.82) is 0 Å². The fourth-order valence-electron chi connectivity index (χ4n) is 0.896. The van der Waals surface area contributed by atoms with Gasteiger partial charge in [-0.3, -0.25) is 0 Å². The van der Waals surface area contributed by atoms with E-state index >= 15 is 0 Å². The molecular weight excluding hydrogens is 188 g/mol. The van der Waals surface area contributed by atoms with Crippen LogP contribution in [0.5, 0.6) is 0 Å². The van der Waals surface area contributed by atoms with Crippen LogP contribution in [0.4, 0.5) is 0 Å². The summed E-state index contributed by atoms with van der Waals surface area (Å²) in [6, 6.07) is 4.22. The molecule has 0 unspecified atom stereocenters. The molecule has 0 atom stereocenters. The van der Waals surface area contributed by atoms with Crippen molar-refractivity contribution in [2.75, 3.05) is 19.0 Å². The van der Waals surface area contributed by atoms with Gasteiger partial charge < -0.3 is 4.74 Å². The Labute approximate surface area is 83.2 Å². The van der Waals surface area contributed by atoms with Crippen LogP contribution in [0.2, 0.25) is 0 Å². The molecule has 0 aliphatic carbocycles. The Hall–Kier alpha value is 0.01000. The number of rotatable bonds is 6. The van der Waals surface area contributed by atoms with Crippen LogP contribution in [0.1, 0.15) is 11.3 Å². The highest BCUT2D eigenvalue weighted by Crippen LogP contribution is 2.08. The van der Waals surface area contributed by atoms with Crippen molar-refractivity contribution in [3.63, 3.8) is 0 Å². The van der Waals surface area contributed by atoms with Gasteiger partial charge in [-0.1, -0.05) is 6.07 Å². The van der Waals surface area contributed by atoms with Crippen LogP contribution < -0.4 is 0 Å². The third-order valence-electron chi connectivity index (χ3n) is 1.52. The van der Waals surface area contributed by atoms with Gasteiger partial charge in [-0.15, -0.1) is 11.3 Å². The Kier molecular flexibility index (Phi) is 5.48. The Balaban J connectivity index is 1.96. The van der Waals surface area contributed by atoms with E-state index in [2.05, 4.69) is 30.1 Å². The lowest BCUT2D eigenvalue weighted by atomic mass is 10.4. The predicted molar refractivity (Wildman–Crippen MR) is 57.3 cm³/mol. The molecule has 1 aromatic rings. The van der Waals surface area contributed by atoms with E-state index < -0.39 is 0 Å². The predicted octanol–water partition coefficient (Wildman–Crippen LogP) is 2.63. The molecule has 0 aromatic carbocycles. The van der Waals surface area contributed by atoms with Crippen molar-refractivity contribution < 1.29 is 4.74 Å². The molecule has 0 amide bonds. The molecule has 0 spiro atoms. The minimum absolute atomic E-state index is 0.842. The number of thiol groups is 1. The van der Waals surface area contributed by atoms with Crippen molar-refractivity contribution in [3.8, 4) is 0 Å². The summed E-state index contributed by atoms with van der Waals surface area (Å²) in [5.41, 5.74) is 0. The van der Waals surface area contributed by atoms with E-state index in [0.29, 0.717) is 0 Å². The largest absolute Gasteiger partial charge is 0.381 e. The zero-order valence-electron chi connectivity index (χ0n) is 7.03. The summed E-state index contributed by atoms with van der Waals surface area (Å²) in [6.45, 7) is 1.68. The van der Waals surface area contributed by atoms with Crippen molar-refractivity contribution in [2.45, 2.75) is 12.8 Å². The first-order chi connectivity index (χ1) is 5.93. The van der Waals surface area contributed by atoms with Crippen molar-refractivity contribution in [1.82, 2.24) is 0 Å². The van der Waals surface area contributed by atoms with Gasteiger partial charge in [0, 0.05) is 17.9 Å². The maximum Gasteiger partial charge on any atom is 0.0514 e. The molecule has 0 saturated carbocycles. The summed E-state index contributed by atoms with van der Waals surface area (Å²) in [5, 5.41) is 2.10. The van der Waals surface area contributed by atoms with Gasteiger partial charge >= 0.3 is 0 Å². The maximum atomic E-state index is 5.41. The standard InChI is InChI=1S/C9H14OS2/c11-7-2-5-10-6-4-9-3-1-8-12-9/h1,3,8,11H,2,4-7H2. The smallest absolute Gasteiger partial charge is 0.0514 e. The molecule has 12 heavy (non-hydrogen) atoms. The van der Waals surface area contributed by atoms with E-state index in [1.165, 1.54) is 4.88 Å². The lowest BCUT2D eigenvalue weighted by Crippen LogP contribution is -1.99. The quantitative estimate of drug-likeness (QED) is 0.551. The lowest BCUT2D eigenvalue weighted by Gasteiger charge is -2.00. The van der Waals surface area contributed by atoms with Crippen molar-refractivity contribution in [3.05, 3.63) is 22.4 Å². The summed E-state index contributed by atoms with van der Waals surface area (Å²) in [7, 11) is 0. The number of ether oxygens (including phenoxy) is 1. The highest BCUT2D eigenvalue weighted by molar-refractivity contribution is 7.80. The highest BCUT2D eigenvalue weighted by atomic mass is 32.1. The summed E-state index contributed by atoms with van der Waals surface area (Å²) < 4.78 is 5.41. The zero-order chi connectivity index (χ0) is 8.65. The number of hydrogen-bond donors (Lipinski definition) is 1. The van der Waals surface area contributed by atoms with Gasteiger partial charge in [-0.25, -0.2) is 0 Å². The molecule has 0 saturated heterocycles. The van der Waals surface area contributed by atoms with E-state index in [1.54, 1.807) is 11.3 Å². The monoisotopic (exact) mass is 202 g/mol. The second kappa shape index (κ2) is 6.52. The first-order valence-corrected chi connectivity index (χ1v) is 5.65. The van der Waals surface area contributed by atoms with Crippen LogP contribution in [0.25, 0.3) is 0 Å². The normalized spacial score (nSPS) is 10.4. The van der Waals surface area contributed by atoms with Crippen LogP contribution in [0.15, 0.2) is 17.5 Å². The molecule has 0 bridgehead atoms. The highest BCUT2D eigenvalue weighted by Gasteiger charge is 1.92. The molecule has 1 heterocycles. The van der Waals surface area contributed by atoms with Crippen LogP contribution in [-0.4, -0.2) is 19.0 Å². The van der Waals surface area contributed by atoms with E-state index in [0.717, 1.165) is 31.8 Å². The topological polar surface area (TPSA) is 9.23 Å². The third kappa shape index (κ3) is 4.14. The molecule has 3 heteroatoms. The summed E-state index contributed by atoms with van der Waals surface area (Å²) >= 11 is 5.90. The molecule has 0 fully saturated rings. The Morgan fingerprint density at radius 1 is 1.42 bits per heavy atom. The average Bonchev–Trinajstić information content (AvgIpc) is 2.57. The summed E-state index contributed by atoms with van der Waals surface area (Å²) in [6.07, 6.45) is 2.10. The van der Waals surface area contributed by atoms with Gasteiger partial charge in [0.2, 0.25) is 0 Å². The van der Waals surface area contributed by atoms with Crippen LogP contribution in [0.3, 0.4) is 0 Å². The first-order valence-electron chi connectivity index (χ1n) is 4.14. The van der Waals surface area contributed by atoms with E-state index in [-0.39, 0.29) is 0 Å². The minimum Gasteiger partial charge on any atom is -0.381 e. The van der Waals surface area contributed by atoms with Gasteiger partial charge in [-0.2, -0.15) is 12.6 Å². The number of thiophene rings is 1. The van der Waals surface area contributed by atoms with E-state index in [9.17, 15) is 0 Å². The van der Waals surface area contributed by atoms with Gasteiger partial charge in [0.1, 0.15) is 0 Å². The lowest BCUT2D eigenvalue weighted by molar-refractivity contribution is 0.139. The number of hydrogen-bond acceptors (Lipinski definition) is 3. The van der Waals surface area contributed by atoms with E-state index in [1.807, 2.05) is 0 Å².